The molecular formula is C14H20FIN4O2. The lowest BCUT2D eigenvalue weighted by molar-refractivity contribution is -0.152. The van der Waals surface area contributed by atoms with Gasteiger partial charge in [-0.25, -0.2) is 4.68 Å². The Bertz CT molecular complexity index is 541. The SMILES string of the molecule is COC(=O)C1C2CCC(CC1n1cc([123I])nn1)N2CCCF. The molecule has 2 saturated heterocycles. The number of ether oxygens (including phenoxy) is 1. The van der Waals surface area contributed by atoms with E-state index in [-0.39, 0.29) is 30.6 Å². The van der Waals surface area contributed by atoms with Gasteiger partial charge in [-0.1, -0.05) is 5.21 Å². The zero-order valence-electron chi connectivity index (χ0n) is 12.5. The van der Waals surface area contributed by atoms with Crippen LogP contribution in [0.3, 0.4) is 0 Å². The first-order chi connectivity index (χ1) is 10.7. The molecule has 4 unspecified atom stereocenters. The third-order valence-electron chi connectivity index (χ3n) is 4.88. The lowest BCUT2D eigenvalue weighted by Gasteiger charge is -2.43. The van der Waals surface area contributed by atoms with Crippen molar-refractivity contribution in [1.29, 1.82) is 0 Å². The van der Waals surface area contributed by atoms with Crippen LogP contribution in [0.15, 0.2) is 6.20 Å². The zero-order chi connectivity index (χ0) is 15.7. The summed E-state index contributed by atoms with van der Waals surface area (Å²) in [5.41, 5.74) is 0. The maximum atomic E-state index is 12.5. The van der Waals surface area contributed by atoms with Gasteiger partial charge in [0, 0.05) is 18.6 Å². The van der Waals surface area contributed by atoms with E-state index in [1.54, 1.807) is 4.68 Å². The van der Waals surface area contributed by atoms with Crippen LogP contribution in [0.1, 0.15) is 31.7 Å². The Balaban J connectivity index is 1.87. The number of aromatic nitrogens is 3. The van der Waals surface area contributed by atoms with Gasteiger partial charge in [0.15, 0.2) is 0 Å². The minimum absolute atomic E-state index is 0.0254. The minimum Gasteiger partial charge on any atom is -0.469 e. The highest BCUT2D eigenvalue weighted by molar-refractivity contribution is 14.1. The fourth-order valence-corrected chi connectivity index (χ4v) is 4.40. The van der Waals surface area contributed by atoms with Gasteiger partial charge in [-0.05, 0) is 48.3 Å². The molecule has 2 aliphatic heterocycles. The summed E-state index contributed by atoms with van der Waals surface area (Å²) in [6.07, 6.45) is 5.23. The summed E-state index contributed by atoms with van der Waals surface area (Å²) in [5, 5.41) is 8.20. The van der Waals surface area contributed by atoms with Crippen LogP contribution in [0.2, 0.25) is 0 Å². The van der Waals surface area contributed by atoms with Crippen molar-refractivity contribution in [3.05, 3.63) is 9.90 Å². The highest BCUT2D eigenvalue weighted by Crippen LogP contribution is 2.45. The normalized spacial score (nSPS) is 31.4. The molecule has 0 aromatic carbocycles. The molecule has 22 heavy (non-hydrogen) atoms. The van der Waals surface area contributed by atoms with Crippen molar-refractivity contribution >= 4 is 28.6 Å². The summed E-state index contributed by atoms with van der Waals surface area (Å²) in [6, 6.07) is 0.483. The van der Waals surface area contributed by atoms with E-state index in [4.69, 9.17) is 4.74 Å². The maximum absolute atomic E-state index is 12.5. The van der Waals surface area contributed by atoms with Crippen molar-refractivity contribution in [2.45, 2.75) is 43.8 Å². The summed E-state index contributed by atoms with van der Waals surface area (Å²) in [4.78, 5) is 14.7. The van der Waals surface area contributed by atoms with E-state index in [9.17, 15) is 9.18 Å². The highest BCUT2D eigenvalue weighted by atomic mass is 123. The minimum atomic E-state index is -0.316. The average Bonchev–Trinajstić information content (AvgIpc) is 3.06. The Morgan fingerprint density at radius 1 is 1.50 bits per heavy atom. The number of alkyl halides is 1. The second-order valence-electron chi connectivity index (χ2n) is 5.95. The Hall–Kier alpha value is -0.770. The largest absolute Gasteiger partial charge is 0.469 e. The first-order valence-electron chi connectivity index (χ1n) is 7.62. The van der Waals surface area contributed by atoms with Gasteiger partial charge >= 0.3 is 5.97 Å². The number of piperidine rings is 1. The summed E-state index contributed by atoms with van der Waals surface area (Å²) < 4.78 is 20.2. The molecule has 122 valence electrons. The Morgan fingerprint density at radius 3 is 2.95 bits per heavy atom. The number of hydrogen-bond acceptors (Lipinski definition) is 5. The van der Waals surface area contributed by atoms with Crippen LogP contribution in [0.5, 0.6) is 0 Å². The number of halogens is 2. The van der Waals surface area contributed by atoms with Gasteiger partial charge in [0.05, 0.1) is 31.9 Å². The number of carbonyl (C=O) groups is 1. The highest BCUT2D eigenvalue weighted by Gasteiger charge is 2.51. The number of esters is 1. The fourth-order valence-electron chi connectivity index (χ4n) is 4.02. The molecule has 0 N–H and O–H groups in total. The third kappa shape index (κ3) is 2.86. The molecule has 3 heterocycles. The van der Waals surface area contributed by atoms with Crippen LogP contribution >= 0.6 is 22.6 Å². The Morgan fingerprint density at radius 2 is 2.32 bits per heavy atom. The van der Waals surface area contributed by atoms with Gasteiger partial charge in [-0.3, -0.25) is 14.1 Å². The summed E-state index contributed by atoms with van der Waals surface area (Å²) in [6.45, 7) is 0.393. The standard InChI is InChI=1S/C14H20FIN4O2/c1-22-14(21)13-10-4-3-9(19(10)6-2-5-15)7-11(13)20-8-12(16)17-18-20/h8-11,13H,2-7H2,1H3/i16-4. The molecule has 1 aromatic rings. The van der Waals surface area contributed by atoms with Crippen molar-refractivity contribution in [2.24, 2.45) is 5.92 Å². The molecular weight excluding hydrogens is 398 g/mol. The monoisotopic (exact) mass is 418 g/mol. The number of carbonyl (C=O) groups excluding carboxylic acids is 1. The summed E-state index contributed by atoms with van der Waals surface area (Å²) >= 11 is 2.12. The van der Waals surface area contributed by atoms with Crippen molar-refractivity contribution in [3.63, 3.8) is 0 Å². The van der Waals surface area contributed by atoms with E-state index in [0.29, 0.717) is 19.0 Å². The van der Waals surface area contributed by atoms with Crippen molar-refractivity contribution < 1.29 is 13.9 Å². The molecule has 4 atom stereocenters. The second-order valence-corrected chi connectivity index (χ2v) is 7.06. The fraction of sp³-hybridized carbons (Fsp3) is 0.786. The lowest BCUT2D eigenvalue weighted by Crippen LogP contribution is -2.52. The molecule has 1 aromatic heterocycles. The van der Waals surface area contributed by atoms with Crippen LogP contribution in [-0.4, -0.2) is 58.3 Å². The number of fused-ring (bicyclic) bond motifs is 2. The Labute approximate surface area is 142 Å². The molecule has 2 aliphatic rings. The number of rotatable bonds is 5. The van der Waals surface area contributed by atoms with Crippen LogP contribution in [-0.2, 0) is 9.53 Å². The molecule has 0 amide bonds. The van der Waals surface area contributed by atoms with Gasteiger partial charge < -0.3 is 4.74 Å². The van der Waals surface area contributed by atoms with Crippen LogP contribution < -0.4 is 0 Å². The quantitative estimate of drug-likeness (QED) is 0.540. The number of hydrogen-bond donors (Lipinski definition) is 0. The molecule has 2 bridgehead atoms. The zero-order valence-corrected chi connectivity index (χ0v) is 14.6. The molecule has 0 aliphatic carbocycles. The van der Waals surface area contributed by atoms with E-state index in [0.717, 1.165) is 23.0 Å². The predicted octanol–water partition coefficient (Wildman–Crippen LogP) is 1.81. The first-order valence-corrected chi connectivity index (χ1v) is 8.70. The average molecular weight is 418 g/mol. The molecule has 0 saturated carbocycles. The molecule has 3 rings (SSSR count). The van der Waals surface area contributed by atoms with Crippen LogP contribution in [0.25, 0.3) is 0 Å². The van der Waals surface area contributed by atoms with Crippen LogP contribution in [0, 0.1) is 9.62 Å². The summed E-state index contributed by atoms with van der Waals surface area (Å²) in [7, 11) is 1.43. The van der Waals surface area contributed by atoms with Gasteiger partial charge in [0.2, 0.25) is 0 Å². The maximum Gasteiger partial charge on any atom is 0.312 e. The first kappa shape index (κ1) is 16.1. The lowest BCUT2D eigenvalue weighted by atomic mass is 9.85. The summed E-state index contributed by atoms with van der Waals surface area (Å²) in [5.74, 6) is -0.466. The van der Waals surface area contributed by atoms with Crippen molar-refractivity contribution in [1.82, 2.24) is 19.9 Å². The van der Waals surface area contributed by atoms with E-state index in [1.165, 1.54) is 7.11 Å². The van der Waals surface area contributed by atoms with Gasteiger partial charge in [-0.2, -0.15) is 0 Å². The van der Waals surface area contributed by atoms with E-state index in [1.807, 2.05) is 6.20 Å². The molecule has 0 radical (unpaired) electrons. The van der Waals surface area contributed by atoms with E-state index >= 15 is 0 Å². The Kier molecular flexibility index (Phi) is 4.96. The van der Waals surface area contributed by atoms with Crippen molar-refractivity contribution in [3.8, 4) is 0 Å². The van der Waals surface area contributed by atoms with Gasteiger partial charge in [0.1, 0.15) is 3.70 Å². The van der Waals surface area contributed by atoms with Crippen molar-refractivity contribution in [2.75, 3.05) is 20.3 Å². The number of nitrogens with zero attached hydrogens (tertiary/aromatic N) is 4. The molecule has 2 fully saturated rings. The molecule has 6 nitrogen and oxygen atoms in total. The molecule has 8 heteroatoms. The van der Waals surface area contributed by atoms with E-state index < -0.39 is 0 Å². The predicted molar refractivity (Wildman–Crippen MR) is 86.0 cm³/mol. The smallest absolute Gasteiger partial charge is 0.312 e. The van der Waals surface area contributed by atoms with Crippen LogP contribution in [0.4, 0.5) is 4.39 Å². The molecule has 0 spiro atoms. The van der Waals surface area contributed by atoms with E-state index in [2.05, 4.69) is 37.8 Å². The van der Waals surface area contributed by atoms with Gasteiger partial charge in [0.25, 0.3) is 0 Å². The van der Waals surface area contributed by atoms with Gasteiger partial charge in [-0.15, -0.1) is 5.10 Å². The third-order valence-corrected chi connectivity index (χ3v) is 5.37. The number of methoxy groups -OCH3 is 1. The topological polar surface area (TPSA) is 60.3 Å². The second kappa shape index (κ2) is 6.77.